The smallest absolute Gasteiger partial charge is 0.280 e. The molecule has 0 unspecified atom stereocenters. The molecule has 0 bridgehead atoms. The minimum atomic E-state index is -2.63. The molecule has 0 atom stereocenters. The minimum absolute atomic E-state index is 0.0237. The van der Waals surface area contributed by atoms with Crippen LogP contribution >= 0.6 is 27.5 Å². The van der Waals surface area contributed by atoms with Crippen LogP contribution in [0.4, 0.5) is 14.5 Å². The third-order valence-corrected chi connectivity index (χ3v) is 2.39. The molecule has 0 aliphatic rings. The fourth-order valence-electron chi connectivity index (χ4n) is 0.859. The molecule has 2 nitrogen and oxygen atoms in total. The third kappa shape index (κ3) is 2.28. The van der Waals surface area contributed by atoms with E-state index in [1.54, 1.807) is 0 Å². The van der Waals surface area contributed by atoms with Crippen LogP contribution in [-0.4, -0.2) is 4.98 Å². The number of hydrogen-bond donors (Lipinski definition) is 1. The molecule has 0 radical (unpaired) electrons. The van der Waals surface area contributed by atoms with Gasteiger partial charge in [-0.05, 0) is 27.6 Å². The maximum absolute atomic E-state index is 12.3. The lowest BCUT2D eigenvalue weighted by atomic mass is 10.2. The first kappa shape index (κ1) is 10.7. The van der Waals surface area contributed by atoms with Crippen molar-refractivity contribution in [1.82, 2.24) is 4.98 Å². The Kier molecular flexibility index (Phi) is 3.44. The normalized spacial score (nSPS) is 10.8. The highest BCUT2D eigenvalue weighted by Crippen LogP contribution is 2.27. The van der Waals surface area contributed by atoms with Gasteiger partial charge < -0.3 is 5.73 Å². The van der Waals surface area contributed by atoms with E-state index in [1.807, 2.05) is 0 Å². The van der Waals surface area contributed by atoms with Gasteiger partial charge in [0.25, 0.3) is 6.43 Å². The summed E-state index contributed by atoms with van der Waals surface area (Å²) >= 11 is 8.42. The van der Waals surface area contributed by atoms with Crippen molar-refractivity contribution >= 4 is 33.2 Å². The average Bonchev–Trinajstić information content (AvgIpc) is 2.08. The van der Waals surface area contributed by atoms with Gasteiger partial charge in [-0.25, -0.2) is 13.8 Å². The predicted octanol–water partition coefficient (Wildman–Crippen LogP) is 3.10. The number of nitrogen functional groups attached to an aromatic ring is 1. The van der Waals surface area contributed by atoms with Crippen LogP contribution in [0.15, 0.2) is 10.7 Å². The molecule has 0 aromatic carbocycles. The first-order valence-corrected chi connectivity index (χ1v) is 4.68. The molecule has 2 N–H and O–H groups in total. The molecule has 13 heavy (non-hydrogen) atoms. The highest BCUT2D eigenvalue weighted by Gasteiger charge is 2.16. The quantitative estimate of drug-likeness (QED) is 0.663. The van der Waals surface area contributed by atoms with Crippen molar-refractivity contribution in [3.05, 3.63) is 21.9 Å². The predicted molar refractivity (Wildman–Crippen MR) is 50.9 cm³/mol. The van der Waals surface area contributed by atoms with Gasteiger partial charge in [-0.15, -0.1) is 11.6 Å². The number of nitrogens with zero attached hydrogens (tertiary/aromatic N) is 1. The summed E-state index contributed by atoms with van der Waals surface area (Å²) in [6.45, 7) is 0. The van der Waals surface area contributed by atoms with Crippen molar-refractivity contribution in [3.63, 3.8) is 0 Å². The van der Waals surface area contributed by atoms with E-state index in [2.05, 4.69) is 20.9 Å². The van der Waals surface area contributed by atoms with Crippen LogP contribution in [0.1, 0.15) is 17.7 Å². The Morgan fingerprint density at radius 1 is 1.62 bits per heavy atom. The highest BCUT2D eigenvalue weighted by atomic mass is 79.9. The van der Waals surface area contributed by atoms with Gasteiger partial charge in [0.15, 0.2) is 0 Å². The van der Waals surface area contributed by atoms with Crippen molar-refractivity contribution < 1.29 is 8.78 Å². The van der Waals surface area contributed by atoms with Crippen LogP contribution < -0.4 is 5.73 Å². The Morgan fingerprint density at radius 3 is 2.69 bits per heavy atom. The van der Waals surface area contributed by atoms with Crippen LogP contribution in [0.2, 0.25) is 0 Å². The maximum atomic E-state index is 12.3. The van der Waals surface area contributed by atoms with E-state index in [4.69, 9.17) is 17.3 Å². The molecule has 0 aliphatic heterocycles. The van der Waals surface area contributed by atoms with Crippen molar-refractivity contribution in [3.8, 4) is 0 Å². The zero-order chi connectivity index (χ0) is 10.0. The summed E-state index contributed by atoms with van der Waals surface area (Å²) in [6.07, 6.45) is -2.63. The zero-order valence-electron chi connectivity index (χ0n) is 6.40. The van der Waals surface area contributed by atoms with E-state index in [-0.39, 0.29) is 21.7 Å². The fraction of sp³-hybridized carbons (Fsp3) is 0.286. The van der Waals surface area contributed by atoms with Gasteiger partial charge in [0.1, 0.15) is 10.3 Å². The molecule has 72 valence electrons. The summed E-state index contributed by atoms with van der Waals surface area (Å²) in [4.78, 5) is 3.60. The second-order valence-electron chi connectivity index (χ2n) is 2.35. The fourth-order valence-corrected chi connectivity index (χ4v) is 1.38. The van der Waals surface area contributed by atoms with E-state index in [0.717, 1.165) is 0 Å². The maximum Gasteiger partial charge on any atom is 0.280 e. The molecule has 0 fully saturated rings. The SMILES string of the molecule is Nc1cc(CCl)c(C(F)F)nc1Br. The van der Waals surface area contributed by atoms with E-state index in [9.17, 15) is 8.78 Å². The van der Waals surface area contributed by atoms with Crippen LogP contribution in [-0.2, 0) is 5.88 Å². The molecule has 0 amide bonds. The molecule has 0 spiro atoms. The third-order valence-electron chi connectivity index (χ3n) is 1.47. The van der Waals surface area contributed by atoms with Crippen LogP contribution in [0.5, 0.6) is 0 Å². The first-order chi connectivity index (χ1) is 6.06. The lowest BCUT2D eigenvalue weighted by molar-refractivity contribution is 0.145. The summed E-state index contributed by atoms with van der Waals surface area (Å²) in [5.74, 6) is -0.0237. The van der Waals surface area contributed by atoms with Crippen LogP contribution in [0.25, 0.3) is 0 Å². The Hall–Kier alpha value is -0.420. The van der Waals surface area contributed by atoms with Crippen LogP contribution in [0, 0.1) is 0 Å². The number of halogens is 4. The van der Waals surface area contributed by atoms with Gasteiger partial charge in [0.05, 0.1) is 5.69 Å². The zero-order valence-corrected chi connectivity index (χ0v) is 8.74. The van der Waals surface area contributed by atoms with E-state index >= 15 is 0 Å². The summed E-state index contributed by atoms with van der Waals surface area (Å²) < 4.78 is 24.9. The summed E-state index contributed by atoms with van der Waals surface area (Å²) in [5, 5.41) is 0. The number of pyridine rings is 1. The average molecular weight is 271 g/mol. The number of nitrogens with two attached hydrogens (primary N) is 1. The second kappa shape index (κ2) is 4.19. The molecule has 0 saturated heterocycles. The highest BCUT2D eigenvalue weighted by molar-refractivity contribution is 9.10. The molecule has 0 saturated carbocycles. The van der Waals surface area contributed by atoms with Crippen molar-refractivity contribution in [2.75, 3.05) is 5.73 Å². The molecule has 1 heterocycles. The Morgan fingerprint density at radius 2 is 2.23 bits per heavy atom. The molecule has 1 aromatic rings. The van der Waals surface area contributed by atoms with Crippen LogP contribution in [0.3, 0.4) is 0 Å². The van der Waals surface area contributed by atoms with E-state index in [1.165, 1.54) is 6.07 Å². The lowest BCUT2D eigenvalue weighted by Gasteiger charge is -2.07. The van der Waals surface area contributed by atoms with E-state index < -0.39 is 6.43 Å². The molecule has 1 rings (SSSR count). The number of aromatic nitrogens is 1. The number of anilines is 1. The Balaban J connectivity index is 3.25. The standard InChI is InChI=1S/C7H6BrClF2N2/c8-6-4(12)1-3(2-9)5(13-6)7(10)11/h1,7H,2,12H2. The summed E-state index contributed by atoms with van der Waals surface area (Å²) in [6, 6.07) is 1.39. The largest absolute Gasteiger partial charge is 0.397 e. The number of hydrogen-bond acceptors (Lipinski definition) is 2. The minimum Gasteiger partial charge on any atom is -0.397 e. The van der Waals surface area contributed by atoms with Gasteiger partial charge in [-0.1, -0.05) is 0 Å². The second-order valence-corrected chi connectivity index (χ2v) is 3.37. The molecule has 1 aromatic heterocycles. The molecular formula is C7H6BrClF2N2. The van der Waals surface area contributed by atoms with Crippen molar-refractivity contribution in [2.45, 2.75) is 12.3 Å². The monoisotopic (exact) mass is 270 g/mol. The topological polar surface area (TPSA) is 38.9 Å². The summed E-state index contributed by atoms with van der Waals surface area (Å²) in [7, 11) is 0. The van der Waals surface area contributed by atoms with Crippen molar-refractivity contribution in [2.24, 2.45) is 0 Å². The van der Waals surface area contributed by atoms with Gasteiger partial charge in [0, 0.05) is 5.88 Å². The Bertz CT molecular complexity index is 320. The number of rotatable bonds is 2. The first-order valence-electron chi connectivity index (χ1n) is 3.35. The van der Waals surface area contributed by atoms with Gasteiger partial charge in [-0.2, -0.15) is 0 Å². The molecular weight excluding hydrogens is 265 g/mol. The van der Waals surface area contributed by atoms with Crippen molar-refractivity contribution in [1.29, 1.82) is 0 Å². The Labute approximate surface area is 87.2 Å². The molecule has 6 heteroatoms. The van der Waals surface area contributed by atoms with Gasteiger partial charge in [-0.3, -0.25) is 0 Å². The molecule has 0 aliphatic carbocycles. The number of alkyl halides is 3. The van der Waals surface area contributed by atoms with Gasteiger partial charge >= 0.3 is 0 Å². The van der Waals surface area contributed by atoms with E-state index in [0.29, 0.717) is 5.69 Å². The van der Waals surface area contributed by atoms with Gasteiger partial charge in [0.2, 0.25) is 0 Å². The summed E-state index contributed by atoms with van der Waals surface area (Å²) in [5.41, 5.74) is 5.70. The lowest BCUT2D eigenvalue weighted by Crippen LogP contribution is -2.00.